The first-order valence-electron chi connectivity index (χ1n) is 5.97. The summed E-state index contributed by atoms with van der Waals surface area (Å²) in [5, 5.41) is 8.78. The number of oxazole rings is 1. The number of aromatic nitrogens is 1. The summed E-state index contributed by atoms with van der Waals surface area (Å²) in [6, 6.07) is 9.69. The summed E-state index contributed by atoms with van der Waals surface area (Å²) < 4.78 is 5.41. The number of benzene rings is 1. The molecule has 0 aliphatic rings. The van der Waals surface area contributed by atoms with Crippen LogP contribution in [0.3, 0.4) is 0 Å². The molecule has 0 aliphatic carbocycles. The fourth-order valence-corrected chi connectivity index (χ4v) is 2.45. The van der Waals surface area contributed by atoms with Gasteiger partial charge in [-0.05, 0) is 12.1 Å². The molecular weight excluding hydrogens is 262 g/mol. The van der Waals surface area contributed by atoms with Crippen molar-refractivity contribution in [3.05, 3.63) is 42.3 Å². The van der Waals surface area contributed by atoms with Crippen LogP contribution in [0.15, 0.2) is 41.0 Å². The molecule has 0 saturated carbocycles. The first-order chi connectivity index (χ1) is 9.16. The minimum absolute atomic E-state index is 0.342. The maximum absolute atomic E-state index is 10.7. The Morgan fingerprint density at radius 1 is 1.42 bits per heavy atom. The molecule has 1 aromatic carbocycles. The number of rotatable bonds is 6. The molecule has 0 amide bonds. The Morgan fingerprint density at radius 2 is 2.16 bits per heavy atom. The van der Waals surface area contributed by atoms with Crippen LogP contribution in [0.1, 0.15) is 12.6 Å². The normalized spacial score (nSPS) is 12.3. The maximum atomic E-state index is 10.7. The van der Waals surface area contributed by atoms with Crippen molar-refractivity contribution in [3.8, 4) is 11.5 Å². The number of carboxylic acids is 1. The van der Waals surface area contributed by atoms with Crippen LogP contribution >= 0.6 is 11.8 Å². The molecule has 2 aromatic rings. The number of hydrogen-bond donors (Lipinski definition) is 1. The van der Waals surface area contributed by atoms with Crippen molar-refractivity contribution >= 4 is 17.7 Å². The molecule has 100 valence electrons. The van der Waals surface area contributed by atoms with Gasteiger partial charge in [-0.2, -0.15) is 11.8 Å². The van der Waals surface area contributed by atoms with E-state index in [1.54, 1.807) is 24.9 Å². The molecule has 0 radical (unpaired) electrons. The van der Waals surface area contributed by atoms with Crippen LogP contribution in [0.4, 0.5) is 0 Å². The van der Waals surface area contributed by atoms with E-state index in [0.29, 0.717) is 17.4 Å². The first-order valence-corrected chi connectivity index (χ1v) is 7.12. The Labute approximate surface area is 115 Å². The molecule has 1 atom stereocenters. The van der Waals surface area contributed by atoms with Gasteiger partial charge in [0.2, 0.25) is 5.89 Å². The molecule has 1 heterocycles. The highest BCUT2D eigenvalue weighted by Gasteiger charge is 2.11. The molecule has 0 spiro atoms. The summed E-state index contributed by atoms with van der Waals surface area (Å²) in [5.41, 5.74) is 1.78. The number of aliphatic carboxylic acids is 1. The lowest BCUT2D eigenvalue weighted by atomic mass is 10.2. The van der Waals surface area contributed by atoms with Crippen LogP contribution in [0.2, 0.25) is 0 Å². The van der Waals surface area contributed by atoms with Crippen molar-refractivity contribution in [2.24, 2.45) is 5.92 Å². The quantitative estimate of drug-likeness (QED) is 0.877. The van der Waals surface area contributed by atoms with Gasteiger partial charge < -0.3 is 9.52 Å². The third-order valence-electron chi connectivity index (χ3n) is 2.61. The minimum atomic E-state index is -0.766. The van der Waals surface area contributed by atoms with E-state index in [2.05, 4.69) is 4.98 Å². The zero-order valence-corrected chi connectivity index (χ0v) is 11.4. The molecule has 19 heavy (non-hydrogen) atoms. The monoisotopic (exact) mass is 277 g/mol. The van der Waals surface area contributed by atoms with Crippen molar-refractivity contribution in [1.29, 1.82) is 0 Å². The van der Waals surface area contributed by atoms with Crippen LogP contribution in [0.5, 0.6) is 0 Å². The van der Waals surface area contributed by atoms with Gasteiger partial charge in [-0.3, -0.25) is 4.79 Å². The maximum Gasteiger partial charge on any atom is 0.307 e. The Hall–Kier alpha value is -1.75. The lowest BCUT2D eigenvalue weighted by molar-refractivity contribution is -0.140. The van der Waals surface area contributed by atoms with Crippen LogP contribution in [-0.2, 0) is 10.5 Å². The second-order valence-corrected chi connectivity index (χ2v) is 5.29. The van der Waals surface area contributed by atoms with E-state index in [4.69, 9.17) is 9.52 Å². The van der Waals surface area contributed by atoms with Crippen molar-refractivity contribution in [2.75, 3.05) is 5.75 Å². The van der Waals surface area contributed by atoms with E-state index in [-0.39, 0.29) is 5.92 Å². The second-order valence-electron chi connectivity index (χ2n) is 4.26. The van der Waals surface area contributed by atoms with Crippen molar-refractivity contribution in [3.63, 3.8) is 0 Å². The van der Waals surface area contributed by atoms with Crippen LogP contribution in [0.25, 0.3) is 11.5 Å². The summed E-state index contributed by atoms with van der Waals surface area (Å²) >= 11 is 1.55. The van der Waals surface area contributed by atoms with Crippen molar-refractivity contribution in [1.82, 2.24) is 4.98 Å². The van der Waals surface area contributed by atoms with Gasteiger partial charge >= 0.3 is 5.97 Å². The number of hydrogen-bond acceptors (Lipinski definition) is 4. The molecule has 1 N–H and O–H groups in total. The van der Waals surface area contributed by atoms with Gasteiger partial charge in [0.15, 0.2) is 0 Å². The zero-order chi connectivity index (χ0) is 13.7. The van der Waals surface area contributed by atoms with Gasteiger partial charge in [0.1, 0.15) is 6.26 Å². The van der Waals surface area contributed by atoms with Crippen LogP contribution < -0.4 is 0 Å². The summed E-state index contributed by atoms with van der Waals surface area (Å²) in [6.45, 7) is 1.70. The van der Waals surface area contributed by atoms with Crippen molar-refractivity contribution < 1.29 is 14.3 Å². The topological polar surface area (TPSA) is 63.3 Å². The van der Waals surface area contributed by atoms with Gasteiger partial charge in [-0.25, -0.2) is 4.98 Å². The van der Waals surface area contributed by atoms with Gasteiger partial charge in [0.05, 0.1) is 11.6 Å². The lowest BCUT2D eigenvalue weighted by Gasteiger charge is -2.03. The molecule has 0 saturated heterocycles. The lowest BCUT2D eigenvalue weighted by Crippen LogP contribution is -2.11. The molecule has 4 nitrogen and oxygen atoms in total. The van der Waals surface area contributed by atoms with E-state index >= 15 is 0 Å². The standard InChI is InChI=1S/C14H15NO3S/c1-10(14(16)17)8-19-9-12-7-18-13(15-12)11-5-3-2-4-6-11/h2-7,10H,8-9H2,1H3,(H,16,17). The number of carbonyl (C=O) groups is 1. The number of carboxylic acid groups (broad SMARTS) is 1. The van der Waals surface area contributed by atoms with Crippen molar-refractivity contribution in [2.45, 2.75) is 12.7 Å². The van der Waals surface area contributed by atoms with E-state index in [1.165, 1.54) is 0 Å². The smallest absolute Gasteiger partial charge is 0.307 e. The van der Waals surface area contributed by atoms with E-state index in [0.717, 1.165) is 11.3 Å². The predicted octanol–water partition coefficient (Wildman–Crippen LogP) is 3.30. The first kappa shape index (κ1) is 13.7. The van der Waals surface area contributed by atoms with E-state index in [9.17, 15) is 4.79 Å². The summed E-state index contributed by atoms with van der Waals surface area (Å²) in [7, 11) is 0. The molecule has 5 heteroatoms. The predicted molar refractivity (Wildman–Crippen MR) is 74.9 cm³/mol. The molecule has 2 rings (SSSR count). The number of nitrogens with zero attached hydrogens (tertiary/aromatic N) is 1. The molecule has 1 aromatic heterocycles. The zero-order valence-electron chi connectivity index (χ0n) is 10.6. The SMILES string of the molecule is CC(CSCc1coc(-c2ccccc2)n1)C(=O)O. The fraction of sp³-hybridized carbons (Fsp3) is 0.286. The second kappa shape index (κ2) is 6.43. The van der Waals surface area contributed by atoms with E-state index < -0.39 is 5.97 Å². The minimum Gasteiger partial charge on any atom is -0.481 e. The Bertz CT molecular complexity index is 539. The van der Waals surface area contributed by atoms with Gasteiger partial charge in [-0.15, -0.1) is 0 Å². The number of thioether (sulfide) groups is 1. The molecular formula is C14H15NO3S. The molecule has 1 unspecified atom stereocenters. The molecule has 0 aliphatic heterocycles. The Kier molecular flexibility index (Phi) is 4.63. The summed E-state index contributed by atoms with van der Waals surface area (Å²) in [4.78, 5) is 15.1. The van der Waals surface area contributed by atoms with E-state index in [1.807, 2.05) is 30.3 Å². The average molecular weight is 277 g/mol. The average Bonchev–Trinajstić information content (AvgIpc) is 2.88. The highest BCUT2D eigenvalue weighted by Crippen LogP contribution is 2.21. The summed E-state index contributed by atoms with van der Waals surface area (Å²) in [6.07, 6.45) is 1.63. The highest BCUT2D eigenvalue weighted by atomic mass is 32.2. The van der Waals surface area contributed by atoms with Crippen LogP contribution in [0, 0.1) is 5.92 Å². The molecule has 0 bridgehead atoms. The Balaban J connectivity index is 1.90. The van der Waals surface area contributed by atoms with Gasteiger partial charge in [0, 0.05) is 17.1 Å². The molecule has 0 fully saturated rings. The fourth-order valence-electron chi connectivity index (χ4n) is 1.50. The van der Waals surface area contributed by atoms with Gasteiger partial charge in [-0.1, -0.05) is 25.1 Å². The third-order valence-corrected chi connectivity index (χ3v) is 3.85. The Morgan fingerprint density at radius 3 is 2.84 bits per heavy atom. The summed E-state index contributed by atoms with van der Waals surface area (Å²) in [5.74, 6) is 0.724. The largest absolute Gasteiger partial charge is 0.481 e. The van der Waals surface area contributed by atoms with Gasteiger partial charge in [0.25, 0.3) is 0 Å². The third kappa shape index (κ3) is 3.86. The van der Waals surface area contributed by atoms with Crippen LogP contribution in [-0.4, -0.2) is 21.8 Å². The highest BCUT2D eigenvalue weighted by molar-refractivity contribution is 7.98.